The number of ether oxygens (including phenoxy) is 1. The van der Waals surface area contributed by atoms with Crippen molar-refractivity contribution < 1.29 is 18.9 Å². The van der Waals surface area contributed by atoms with Crippen LogP contribution in [0.25, 0.3) is 11.1 Å². The number of piperidine rings is 1. The number of alkyl carbamates (subject to hydrolysis) is 1. The van der Waals surface area contributed by atoms with E-state index in [1.807, 2.05) is 25.7 Å². The van der Waals surface area contributed by atoms with Gasteiger partial charge in [0, 0.05) is 31.3 Å². The molecular formula is C17H22N4O5. The van der Waals surface area contributed by atoms with E-state index in [4.69, 9.17) is 9.15 Å². The molecule has 1 fully saturated rings. The van der Waals surface area contributed by atoms with Gasteiger partial charge < -0.3 is 19.4 Å². The van der Waals surface area contributed by atoms with E-state index in [1.54, 1.807) is 6.07 Å². The van der Waals surface area contributed by atoms with Crippen molar-refractivity contribution in [2.24, 2.45) is 0 Å². The van der Waals surface area contributed by atoms with Crippen LogP contribution in [0.1, 0.15) is 33.6 Å². The van der Waals surface area contributed by atoms with Crippen molar-refractivity contribution in [3.8, 4) is 0 Å². The normalized spacial score (nSPS) is 15.9. The minimum atomic E-state index is -0.522. The van der Waals surface area contributed by atoms with Crippen LogP contribution in [0.15, 0.2) is 22.6 Å². The first-order valence-electron chi connectivity index (χ1n) is 8.51. The number of benzene rings is 1. The molecule has 2 aromatic rings. The quantitative estimate of drug-likeness (QED) is 0.659. The number of carbonyl (C=O) groups excluding carboxylic acids is 1. The number of oxazole rings is 1. The fourth-order valence-electron chi connectivity index (χ4n) is 2.84. The first kappa shape index (κ1) is 18.0. The third-order valence-electron chi connectivity index (χ3n) is 4.06. The number of fused-ring (bicyclic) bond motifs is 1. The fraction of sp³-hybridized carbons (Fsp3) is 0.529. The number of anilines is 1. The molecule has 0 bridgehead atoms. The van der Waals surface area contributed by atoms with Crippen molar-refractivity contribution in [2.45, 2.75) is 45.3 Å². The second-order valence-corrected chi connectivity index (χ2v) is 7.31. The van der Waals surface area contributed by atoms with E-state index in [2.05, 4.69) is 10.3 Å². The summed E-state index contributed by atoms with van der Waals surface area (Å²) in [5, 5.41) is 13.7. The summed E-state index contributed by atoms with van der Waals surface area (Å²) in [5.74, 6) is 0. The van der Waals surface area contributed by atoms with Crippen LogP contribution >= 0.6 is 0 Å². The van der Waals surface area contributed by atoms with Crippen LogP contribution in [-0.4, -0.2) is 40.7 Å². The number of nitro benzene ring substituents is 1. The number of amides is 1. The minimum absolute atomic E-state index is 0.0161. The molecular weight excluding hydrogens is 340 g/mol. The highest BCUT2D eigenvalue weighted by Gasteiger charge is 2.26. The zero-order valence-corrected chi connectivity index (χ0v) is 15.0. The lowest BCUT2D eigenvalue weighted by atomic mass is 10.1. The van der Waals surface area contributed by atoms with Crippen molar-refractivity contribution in [3.63, 3.8) is 0 Å². The van der Waals surface area contributed by atoms with Gasteiger partial charge in [-0.25, -0.2) is 4.79 Å². The molecule has 0 spiro atoms. The Bertz CT molecular complexity index is 818. The van der Waals surface area contributed by atoms with E-state index >= 15 is 0 Å². The van der Waals surface area contributed by atoms with E-state index in [0.29, 0.717) is 30.2 Å². The van der Waals surface area contributed by atoms with E-state index < -0.39 is 16.6 Å². The van der Waals surface area contributed by atoms with Crippen LogP contribution in [-0.2, 0) is 4.74 Å². The van der Waals surface area contributed by atoms with Gasteiger partial charge in [-0.1, -0.05) is 0 Å². The summed E-state index contributed by atoms with van der Waals surface area (Å²) >= 11 is 0. The van der Waals surface area contributed by atoms with Crippen LogP contribution in [0.4, 0.5) is 16.5 Å². The van der Waals surface area contributed by atoms with Gasteiger partial charge in [0.15, 0.2) is 5.58 Å². The number of nitrogens with one attached hydrogen (secondary N) is 1. The van der Waals surface area contributed by atoms with Crippen LogP contribution in [0.3, 0.4) is 0 Å². The molecule has 1 amide bonds. The first-order chi connectivity index (χ1) is 12.2. The first-order valence-corrected chi connectivity index (χ1v) is 8.51. The van der Waals surface area contributed by atoms with Gasteiger partial charge in [0.2, 0.25) is 0 Å². The Labute approximate surface area is 150 Å². The predicted octanol–water partition coefficient (Wildman–Crippen LogP) is 3.23. The third-order valence-corrected chi connectivity index (χ3v) is 4.06. The number of carbonyl (C=O) groups is 1. The number of non-ortho nitro benzene ring substituents is 1. The van der Waals surface area contributed by atoms with E-state index in [1.165, 1.54) is 12.1 Å². The second kappa shape index (κ2) is 6.81. The number of hydrogen-bond acceptors (Lipinski definition) is 7. The zero-order valence-electron chi connectivity index (χ0n) is 15.0. The van der Waals surface area contributed by atoms with Gasteiger partial charge in [-0.2, -0.15) is 4.98 Å². The number of nitrogens with zero attached hydrogens (tertiary/aromatic N) is 3. The summed E-state index contributed by atoms with van der Waals surface area (Å²) in [6, 6.07) is 4.83. The van der Waals surface area contributed by atoms with Crippen LogP contribution < -0.4 is 10.2 Å². The molecule has 1 saturated heterocycles. The SMILES string of the molecule is CC(C)(C)OC(=O)NC1CCN(c2nc3cc([N+](=O)[O-])ccc3o2)CC1. The Morgan fingerprint density at radius 2 is 2.08 bits per heavy atom. The second-order valence-electron chi connectivity index (χ2n) is 7.31. The van der Waals surface area contributed by atoms with Crippen molar-refractivity contribution in [1.82, 2.24) is 10.3 Å². The zero-order chi connectivity index (χ0) is 18.9. The molecule has 9 nitrogen and oxygen atoms in total. The molecule has 1 aromatic heterocycles. The Hall–Kier alpha value is -2.84. The molecule has 26 heavy (non-hydrogen) atoms. The maximum atomic E-state index is 11.8. The maximum absolute atomic E-state index is 11.8. The van der Waals surface area contributed by atoms with E-state index in [9.17, 15) is 14.9 Å². The highest BCUT2D eigenvalue weighted by Crippen LogP contribution is 2.27. The van der Waals surface area contributed by atoms with Gasteiger partial charge in [0.1, 0.15) is 11.1 Å². The smallest absolute Gasteiger partial charge is 0.407 e. The summed E-state index contributed by atoms with van der Waals surface area (Å²) in [6.07, 6.45) is 1.06. The lowest BCUT2D eigenvalue weighted by molar-refractivity contribution is -0.384. The van der Waals surface area contributed by atoms with Gasteiger partial charge in [-0.15, -0.1) is 0 Å². The standard InChI is InChI=1S/C17H22N4O5/c1-17(2,3)26-16(22)18-11-6-8-20(9-7-11)15-19-13-10-12(21(23)24)4-5-14(13)25-15/h4-5,10-11H,6-9H2,1-3H3,(H,18,22). The molecule has 2 heterocycles. The highest BCUT2D eigenvalue weighted by molar-refractivity contribution is 5.77. The molecule has 0 saturated carbocycles. The fourth-order valence-corrected chi connectivity index (χ4v) is 2.84. The number of nitro groups is 1. The Morgan fingerprint density at radius 3 is 2.69 bits per heavy atom. The van der Waals surface area contributed by atoms with Crippen molar-refractivity contribution >= 4 is 28.9 Å². The van der Waals surface area contributed by atoms with Gasteiger partial charge in [0.25, 0.3) is 11.7 Å². The number of aromatic nitrogens is 1. The van der Waals surface area contributed by atoms with E-state index in [-0.39, 0.29) is 11.7 Å². The minimum Gasteiger partial charge on any atom is -0.444 e. The Kier molecular flexibility index (Phi) is 4.71. The third kappa shape index (κ3) is 4.22. The van der Waals surface area contributed by atoms with Crippen molar-refractivity contribution in [1.29, 1.82) is 0 Å². The number of hydrogen-bond donors (Lipinski definition) is 1. The Morgan fingerprint density at radius 1 is 1.38 bits per heavy atom. The molecule has 0 atom stereocenters. The molecule has 9 heteroatoms. The summed E-state index contributed by atoms with van der Waals surface area (Å²) < 4.78 is 11.0. The molecule has 140 valence electrons. The Balaban J connectivity index is 1.60. The molecule has 0 unspecified atom stereocenters. The molecule has 0 radical (unpaired) electrons. The van der Waals surface area contributed by atoms with Crippen LogP contribution in [0.2, 0.25) is 0 Å². The van der Waals surface area contributed by atoms with Crippen molar-refractivity contribution in [2.75, 3.05) is 18.0 Å². The lowest BCUT2D eigenvalue weighted by Crippen LogP contribution is -2.46. The predicted molar refractivity (Wildman–Crippen MR) is 95.3 cm³/mol. The monoisotopic (exact) mass is 362 g/mol. The van der Waals surface area contributed by atoms with Gasteiger partial charge in [0.05, 0.1) is 4.92 Å². The summed E-state index contributed by atoms with van der Waals surface area (Å²) in [5.41, 5.74) is 0.436. The van der Waals surface area contributed by atoms with E-state index in [0.717, 1.165) is 12.8 Å². The average Bonchev–Trinajstić information content (AvgIpc) is 2.96. The largest absolute Gasteiger partial charge is 0.444 e. The molecule has 1 aliphatic rings. The highest BCUT2D eigenvalue weighted by atomic mass is 16.6. The topological polar surface area (TPSA) is 111 Å². The van der Waals surface area contributed by atoms with Crippen LogP contribution in [0.5, 0.6) is 0 Å². The molecule has 0 aliphatic carbocycles. The number of rotatable bonds is 3. The molecule has 1 aliphatic heterocycles. The summed E-state index contributed by atoms with van der Waals surface area (Å²) in [7, 11) is 0. The summed E-state index contributed by atoms with van der Waals surface area (Å²) in [6.45, 7) is 6.80. The van der Waals surface area contributed by atoms with Crippen LogP contribution in [0, 0.1) is 10.1 Å². The summed E-state index contributed by atoms with van der Waals surface area (Å²) in [4.78, 5) is 28.6. The maximum Gasteiger partial charge on any atom is 0.407 e. The lowest BCUT2D eigenvalue weighted by Gasteiger charge is -2.31. The average molecular weight is 362 g/mol. The van der Waals surface area contributed by atoms with Gasteiger partial charge in [-0.3, -0.25) is 10.1 Å². The van der Waals surface area contributed by atoms with Crippen molar-refractivity contribution in [3.05, 3.63) is 28.3 Å². The molecule has 1 N–H and O–H groups in total. The van der Waals surface area contributed by atoms with Gasteiger partial charge >= 0.3 is 6.09 Å². The molecule has 1 aromatic carbocycles. The van der Waals surface area contributed by atoms with Gasteiger partial charge in [-0.05, 0) is 39.7 Å². The molecule has 3 rings (SSSR count).